The Morgan fingerprint density at radius 3 is 2.52 bits per heavy atom. The molecule has 2 aromatic carbocycles. The molecule has 27 heavy (non-hydrogen) atoms. The van der Waals surface area contributed by atoms with E-state index in [1.54, 1.807) is 13.0 Å². The summed E-state index contributed by atoms with van der Waals surface area (Å²) in [7, 11) is 0. The van der Waals surface area contributed by atoms with E-state index in [2.05, 4.69) is 0 Å². The van der Waals surface area contributed by atoms with Crippen LogP contribution in [0.15, 0.2) is 63.8 Å². The molecule has 1 fully saturated rings. The predicted molar refractivity (Wildman–Crippen MR) is 103 cm³/mol. The van der Waals surface area contributed by atoms with Gasteiger partial charge in [-0.2, -0.15) is 0 Å². The van der Waals surface area contributed by atoms with Crippen molar-refractivity contribution in [2.45, 2.75) is 25.9 Å². The molecule has 1 aliphatic heterocycles. The van der Waals surface area contributed by atoms with Crippen molar-refractivity contribution in [3.8, 4) is 5.75 Å². The van der Waals surface area contributed by atoms with Crippen LogP contribution in [0.5, 0.6) is 5.75 Å². The Morgan fingerprint density at radius 1 is 1.04 bits per heavy atom. The summed E-state index contributed by atoms with van der Waals surface area (Å²) in [4.78, 5) is 26.1. The summed E-state index contributed by atoms with van der Waals surface area (Å²) in [6.07, 6.45) is 1.46. The van der Waals surface area contributed by atoms with Crippen LogP contribution in [-0.2, 0) is 0 Å². The van der Waals surface area contributed by atoms with E-state index in [4.69, 9.17) is 9.15 Å². The number of nitrogens with zero attached hydrogens (tertiary/aromatic N) is 1. The summed E-state index contributed by atoms with van der Waals surface area (Å²) in [5, 5.41) is 2.20. The third-order valence-corrected chi connectivity index (χ3v) is 4.90. The average Bonchev–Trinajstić information content (AvgIpc) is 2.67. The summed E-state index contributed by atoms with van der Waals surface area (Å²) in [5.41, 5.74) is 0.304. The van der Waals surface area contributed by atoms with Crippen molar-refractivity contribution < 1.29 is 13.9 Å². The van der Waals surface area contributed by atoms with Gasteiger partial charge < -0.3 is 14.1 Å². The quantitative estimate of drug-likeness (QED) is 0.710. The molecule has 1 aliphatic rings. The first-order valence-corrected chi connectivity index (χ1v) is 9.15. The van der Waals surface area contributed by atoms with Gasteiger partial charge in [0.2, 0.25) is 0 Å². The lowest BCUT2D eigenvalue weighted by molar-refractivity contribution is 0.0594. The zero-order valence-electron chi connectivity index (χ0n) is 15.2. The van der Waals surface area contributed by atoms with Gasteiger partial charge in [-0.3, -0.25) is 4.79 Å². The van der Waals surface area contributed by atoms with Gasteiger partial charge in [0.1, 0.15) is 17.6 Å². The summed E-state index contributed by atoms with van der Waals surface area (Å²) in [6, 6.07) is 16.9. The molecule has 5 heteroatoms. The third-order valence-electron chi connectivity index (χ3n) is 4.90. The van der Waals surface area contributed by atoms with Crippen LogP contribution in [0.25, 0.3) is 10.8 Å². The second kappa shape index (κ2) is 7.27. The summed E-state index contributed by atoms with van der Waals surface area (Å²) in [6.45, 7) is 2.99. The van der Waals surface area contributed by atoms with E-state index in [-0.39, 0.29) is 12.0 Å². The normalized spacial score (nSPS) is 15.1. The maximum Gasteiger partial charge on any atom is 0.339 e. The first kappa shape index (κ1) is 17.3. The summed E-state index contributed by atoms with van der Waals surface area (Å²) in [5.74, 6) is 1.11. The minimum absolute atomic E-state index is 0.00754. The van der Waals surface area contributed by atoms with E-state index < -0.39 is 5.63 Å². The smallest absolute Gasteiger partial charge is 0.339 e. The van der Waals surface area contributed by atoms with Gasteiger partial charge in [-0.05, 0) is 29.8 Å². The second-order valence-electron chi connectivity index (χ2n) is 6.89. The van der Waals surface area contributed by atoms with E-state index in [9.17, 15) is 9.59 Å². The molecule has 1 saturated heterocycles. The van der Waals surface area contributed by atoms with Crippen LogP contribution >= 0.6 is 0 Å². The highest BCUT2D eigenvalue weighted by atomic mass is 16.5. The zero-order chi connectivity index (χ0) is 18.8. The zero-order valence-corrected chi connectivity index (χ0v) is 15.2. The van der Waals surface area contributed by atoms with E-state index in [1.165, 1.54) is 6.07 Å². The van der Waals surface area contributed by atoms with Crippen molar-refractivity contribution in [2.75, 3.05) is 13.1 Å². The molecule has 0 atom stereocenters. The molecule has 138 valence electrons. The average molecular weight is 363 g/mol. The molecule has 0 radical (unpaired) electrons. The number of benzene rings is 2. The Morgan fingerprint density at radius 2 is 1.78 bits per heavy atom. The summed E-state index contributed by atoms with van der Waals surface area (Å²) < 4.78 is 10.9. The molecule has 1 amide bonds. The maximum absolute atomic E-state index is 12.8. The van der Waals surface area contributed by atoms with Crippen molar-refractivity contribution in [3.05, 3.63) is 76.3 Å². The molecule has 0 N–H and O–H groups in total. The number of rotatable bonds is 3. The molecular weight excluding hydrogens is 342 g/mol. The Hall–Kier alpha value is -3.08. The maximum atomic E-state index is 12.8. The minimum Gasteiger partial charge on any atom is -0.490 e. The number of piperidine rings is 1. The fourth-order valence-electron chi connectivity index (χ4n) is 3.52. The minimum atomic E-state index is -0.408. The first-order chi connectivity index (χ1) is 13.1. The number of fused-ring (bicyclic) bond motifs is 1. The first-order valence-electron chi connectivity index (χ1n) is 9.15. The third kappa shape index (κ3) is 3.87. The van der Waals surface area contributed by atoms with E-state index in [1.807, 2.05) is 47.4 Å². The number of hydrogen-bond acceptors (Lipinski definition) is 4. The van der Waals surface area contributed by atoms with E-state index >= 15 is 0 Å². The number of ether oxygens (including phenoxy) is 1. The molecule has 0 bridgehead atoms. The number of hydrogen-bond donors (Lipinski definition) is 0. The molecular formula is C22H21NO4. The molecule has 5 nitrogen and oxygen atoms in total. The molecule has 0 aliphatic carbocycles. The molecule has 3 aromatic rings. The number of likely N-dealkylation sites (tertiary alicyclic amines) is 1. The number of aryl methyl sites for hydroxylation is 1. The van der Waals surface area contributed by atoms with Gasteiger partial charge in [0.25, 0.3) is 5.91 Å². The van der Waals surface area contributed by atoms with Gasteiger partial charge in [0.15, 0.2) is 0 Å². The van der Waals surface area contributed by atoms with Gasteiger partial charge in [0.05, 0.1) is 6.07 Å². The largest absolute Gasteiger partial charge is 0.490 e. The van der Waals surface area contributed by atoms with E-state index in [0.29, 0.717) is 30.2 Å². The van der Waals surface area contributed by atoms with Crippen molar-refractivity contribution >= 4 is 16.7 Å². The lowest BCUT2D eigenvalue weighted by Gasteiger charge is -2.32. The number of carbonyl (C=O) groups is 1. The molecule has 4 rings (SSSR count). The van der Waals surface area contributed by atoms with E-state index in [0.717, 1.165) is 23.6 Å². The molecule has 2 heterocycles. The van der Waals surface area contributed by atoms with Crippen molar-refractivity contribution in [2.24, 2.45) is 0 Å². The Labute approximate surface area is 157 Å². The standard InChI is InChI=1S/C22H21NO4/c1-15-12-20(14-21(24)26-15)27-19-8-10-23(11-9-19)22(25)18-7-6-16-4-2-3-5-17(16)13-18/h2-7,12-14,19H,8-11H2,1H3. The highest BCUT2D eigenvalue weighted by Crippen LogP contribution is 2.22. The molecule has 0 spiro atoms. The van der Waals surface area contributed by atoms with Gasteiger partial charge in [-0.15, -0.1) is 0 Å². The van der Waals surface area contributed by atoms with Gasteiger partial charge in [-0.1, -0.05) is 30.3 Å². The Bertz CT molecular complexity index is 1030. The van der Waals surface area contributed by atoms with Crippen LogP contribution in [0.4, 0.5) is 0 Å². The Balaban J connectivity index is 1.40. The molecule has 0 unspecified atom stereocenters. The lowest BCUT2D eigenvalue weighted by Crippen LogP contribution is -2.41. The SMILES string of the molecule is Cc1cc(OC2CCN(C(=O)c3ccc4ccccc4c3)CC2)cc(=O)o1. The Kier molecular flexibility index (Phi) is 4.67. The monoisotopic (exact) mass is 363 g/mol. The van der Waals surface area contributed by atoms with Crippen molar-refractivity contribution in [3.63, 3.8) is 0 Å². The van der Waals surface area contributed by atoms with Crippen molar-refractivity contribution in [1.82, 2.24) is 4.90 Å². The lowest BCUT2D eigenvalue weighted by atomic mass is 10.0. The van der Waals surface area contributed by atoms with Crippen LogP contribution in [0.2, 0.25) is 0 Å². The van der Waals surface area contributed by atoms with Gasteiger partial charge >= 0.3 is 5.63 Å². The fourth-order valence-corrected chi connectivity index (χ4v) is 3.52. The highest BCUT2D eigenvalue weighted by Gasteiger charge is 2.25. The molecule has 0 saturated carbocycles. The van der Waals surface area contributed by atoms with Crippen molar-refractivity contribution in [1.29, 1.82) is 0 Å². The number of carbonyl (C=O) groups excluding carboxylic acids is 1. The van der Waals surface area contributed by atoms with Crippen LogP contribution < -0.4 is 10.4 Å². The number of amides is 1. The highest BCUT2D eigenvalue weighted by molar-refractivity contribution is 5.98. The van der Waals surface area contributed by atoms with Crippen LogP contribution in [-0.4, -0.2) is 30.0 Å². The van der Waals surface area contributed by atoms with Crippen LogP contribution in [0, 0.1) is 6.92 Å². The molecule has 1 aromatic heterocycles. The fraction of sp³-hybridized carbons (Fsp3) is 0.273. The van der Waals surface area contributed by atoms with Crippen LogP contribution in [0.3, 0.4) is 0 Å². The predicted octanol–water partition coefficient (Wildman–Crippen LogP) is 3.79. The van der Waals surface area contributed by atoms with Gasteiger partial charge in [-0.25, -0.2) is 4.79 Å². The topological polar surface area (TPSA) is 59.8 Å². The second-order valence-corrected chi connectivity index (χ2v) is 6.89. The van der Waals surface area contributed by atoms with Gasteiger partial charge in [0, 0.05) is 37.6 Å². The van der Waals surface area contributed by atoms with Crippen LogP contribution in [0.1, 0.15) is 29.0 Å². The summed E-state index contributed by atoms with van der Waals surface area (Å²) >= 11 is 0.